The van der Waals surface area contributed by atoms with Gasteiger partial charge in [0.25, 0.3) is 11.8 Å². The molecule has 3 aromatic carbocycles. The summed E-state index contributed by atoms with van der Waals surface area (Å²) in [6.45, 7) is 5.81. The van der Waals surface area contributed by atoms with Crippen LogP contribution in [0.5, 0.6) is 5.75 Å². The second-order valence-electron chi connectivity index (χ2n) is 7.86. The first-order chi connectivity index (χ1) is 15.3. The Morgan fingerprint density at radius 1 is 0.844 bits per heavy atom. The molecule has 0 bridgehead atoms. The van der Waals surface area contributed by atoms with E-state index in [1.807, 2.05) is 39.0 Å². The standard InChI is InChI=1S/C26H23ClN2O3/c1-15-11-16(2)13-20(12-15)28-24-23(18-6-9-21(32-4)10-7-18)25(30)29(26(24)31)22-14-19(27)8-5-17(22)3/h5-14,28H,1-4H3. The Bertz CT molecular complexity index is 1240. The van der Waals surface area contributed by atoms with Crippen molar-refractivity contribution in [2.24, 2.45) is 0 Å². The number of benzene rings is 3. The summed E-state index contributed by atoms with van der Waals surface area (Å²) in [5, 5.41) is 3.67. The molecule has 1 aliphatic heterocycles. The number of methoxy groups -OCH3 is 1. The van der Waals surface area contributed by atoms with Gasteiger partial charge in [-0.1, -0.05) is 35.9 Å². The molecular weight excluding hydrogens is 424 g/mol. The molecule has 1 heterocycles. The summed E-state index contributed by atoms with van der Waals surface area (Å²) in [5.74, 6) is -0.166. The Morgan fingerprint density at radius 2 is 1.50 bits per heavy atom. The highest BCUT2D eigenvalue weighted by molar-refractivity contribution is 6.46. The number of carbonyl (C=O) groups is 2. The maximum atomic E-state index is 13.6. The van der Waals surface area contributed by atoms with Crippen LogP contribution in [0.4, 0.5) is 11.4 Å². The Morgan fingerprint density at radius 3 is 2.12 bits per heavy atom. The summed E-state index contributed by atoms with van der Waals surface area (Å²) in [6.07, 6.45) is 0. The second-order valence-corrected chi connectivity index (χ2v) is 8.29. The molecule has 1 aliphatic rings. The van der Waals surface area contributed by atoms with E-state index in [-0.39, 0.29) is 5.70 Å². The molecule has 0 unspecified atom stereocenters. The molecule has 0 saturated carbocycles. The number of anilines is 2. The van der Waals surface area contributed by atoms with Gasteiger partial charge in [-0.25, -0.2) is 4.90 Å². The van der Waals surface area contributed by atoms with Crippen LogP contribution < -0.4 is 15.0 Å². The van der Waals surface area contributed by atoms with Crippen molar-refractivity contribution in [2.75, 3.05) is 17.3 Å². The molecule has 0 aliphatic carbocycles. The van der Waals surface area contributed by atoms with Crippen molar-refractivity contribution in [3.05, 3.63) is 93.6 Å². The fourth-order valence-corrected chi connectivity index (χ4v) is 4.07. The van der Waals surface area contributed by atoms with Crippen LogP contribution in [0, 0.1) is 20.8 Å². The van der Waals surface area contributed by atoms with Gasteiger partial charge in [-0.2, -0.15) is 0 Å². The molecule has 6 heteroatoms. The predicted molar refractivity (Wildman–Crippen MR) is 128 cm³/mol. The van der Waals surface area contributed by atoms with E-state index >= 15 is 0 Å². The van der Waals surface area contributed by atoms with Gasteiger partial charge in [0.05, 0.1) is 18.4 Å². The van der Waals surface area contributed by atoms with E-state index in [1.165, 1.54) is 4.90 Å². The number of rotatable bonds is 5. The fraction of sp³-hybridized carbons (Fsp3) is 0.154. The lowest BCUT2D eigenvalue weighted by molar-refractivity contribution is -0.120. The summed E-state index contributed by atoms with van der Waals surface area (Å²) in [6, 6.07) is 18.2. The average molecular weight is 447 g/mol. The van der Waals surface area contributed by atoms with Crippen molar-refractivity contribution < 1.29 is 14.3 Å². The second kappa shape index (κ2) is 8.52. The zero-order valence-corrected chi connectivity index (χ0v) is 19.1. The van der Waals surface area contributed by atoms with Crippen molar-refractivity contribution in [2.45, 2.75) is 20.8 Å². The highest BCUT2D eigenvalue weighted by Crippen LogP contribution is 2.36. The molecule has 0 atom stereocenters. The largest absolute Gasteiger partial charge is 0.497 e. The van der Waals surface area contributed by atoms with Crippen LogP contribution in [0.15, 0.2) is 66.4 Å². The summed E-state index contributed by atoms with van der Waals surface area (Å²) < 4.78 is 5.24. The van der Waals surface area contributed by atoms with E-state index in [0.717, 1.165) is 22.4 Å². The van der Waals surface area contributed by atoms with Crippen LogP contribution in [-0.2, 0) is 9.59 Å². The third-order valence-electron chi connectivity index (χ3n) is 5.37. The van der Waals surface area contributed by atoms with Gasteiger partial charge in [0, 0.05) is 10.7 Å². The van der Waals surface area contributed by atoms with Crippen molar-refractivity contribution in [1.29, 1.82) is 0 Å². The van der Waals surface area contributed by atoms with Crippen molar-refractivity contribution in [1.82, 2.24) is 0 Å². The van der Waals surface area contributed by atoms with Gasteiger partial charge < -0.3 is 10.1 Å². The summed E-state index contributed by atoms with van der Waals surface area (Å²) in [7, 11) is 1.58. The SMILES string of the molecule is COc1ccc(C2=C(Nc3cc(C)cc(C)c3)C(=O)N(c3cc(Cl)ccc3C)C2=O)cc1. The topological polar surface area (TPSA) is 58.6 Å². The van der Waals surface area contributed by atoms with Gasteiger partial charge in [0.15, 0.2) is 0 Å². The van der Waals surface area contributed by atoms with E-state index in [9.17, 15) is 9.59 Å². The Labute approximate surface area is 192 Å². The lowest BCUT2D eigenvalue weighted by Crippen LogP contribution is -2.33. The normalized spacial score (nSPS) is 13.7. The molecule has 1 N–H and O–H groups in total. The smallest absolute Gasteiger partial charge is 0.282 e. The van der Waals surface area contributed by atoms with Crippen LogP contribution in [0.2, 0.25) is 5.02 Å². The van der Waals surface area contributed by atoms with Crippen LogP contribution in [-0.4, -0.2) is 18.9 Å². The van der Waals surface area contributed by atoms with Crippen molar-refractivity contribution >= 4 is 40.4 Å². The first-order valence-electron chi connectivity index (χ1n) is 10.2. The molecule has 0 fully saturated rings. The van der Waals surface area contributed by atoms with E-state index < -0.39 is 11.8 Å². The number of halogens is 1. The first-order valence-corrected chi connectivity index (χ1v) is 10.5. The molecule has 3 aromatic rings. The number of carbonyl (C=O) groups excluding carboxylic acids is 2. The molecule has 5 nitrogen and oxygen atoms in total. The molecule has 0 saturated heterocycles. The van der Waals surface area contributed by atoms with Crippen LogP contribution in [0.3, 0.4) is 0 Å². The highest BCUT2D eigenvalue weighted by atomic mass is 35.5. The van der Waals surface area contributed by atoms with Gasteiger partial charge in [-0.15, -0.1) is 0 Å². The van der Waals surface area contributed by atoms with Crippen LogP contribution >= 0.6 is 11.6 Å². The summed E-state index contributed by atoms with van der Waals surface area (Å²) >= 11 is 6.19. The number of aryl methyl sites for hydroxylation is 3. The lowest BCUT2D eigenvalue weighted by atomic mass is 10.0. The first kappa shape index (κ1) is 21.7. The van der Waals surface area contributed by atoms with Gasteiger partial charge in [0.2, 0.25) is 0 Å². The Kier molecular flexibility index (Phi) is 5.76. The van der Waals surface area contributed by atoms with Crippen LogP contribution in [0.1, 0.15) is 22.3 Å². The summed E-state index contributed by atoms with van der Waals surface area (Å²) in [5.41, 5.74) is 5.25. The number of ether oxygens (including phenoxy) is 1. The van der Waals surface area contributed by atoms with Gasteiger partial charge in [-0.3, -0.25) is 9.59 Å². The highest BCUT2D eigenvalue weighted by Gasteiger charge is 2.41. The molecule has 2 amide bonds. The molecule has 4 rings (SSSR count). The van der Waals surface area contributed by atoms with E-state index in [1.54, 1.807) is 49.6 Å². The lowest BCUT2D eigenvalue weighted by Gasteiger charge is -2.18. The van der Waals surface area contributed by atoms with E-state index in [0.29, 0.717) is 27.6 Å². The van der Waals surface area contributed by atoms with Gasteiger partial charge >= 0.3 is 0 Å². The minimum Gasteiger partial charge on any atom is -0.497 e. The monoisotopic (exact) mass is 446 g/mol. The minimum absolute atomic E-state index is 0.226. The van der Waals surface area contributed by atoms with Gasteiger partial charge in [-0.05, 0) is 79.4 Å². The van der Waals surface area contributed by atoms with E-state index in [4.69, 9.17) is 16.3 Å². The average Bonchev–Trinajstić information content (AvgIpc) is 2.98. The zero-order chi connectivity index (χ0) is 23.0. The van der Waals surface area contributed by atoms with Gasteiger partial charge in [0.1, 0.15) is 11.4 Å². The fourth-order valence-electron chi connectivity index (χ4n) is 3.90. The molecule has 162 valence electrons. The number of imide groups is 1. The number of nitrogens with one attached hydrogen (secondary N) is 1. The Hall–Kier alpha value is -3.57. The maximum Gasteiger partial charge on any atom is 0.282 e. The van der Waals surface area contributed by atoms with Crippen molar-refractivity contribution in [3.8, 4) is 5.75 Å². The summed E-state index contributed by atoms with van der Waals surface area (Å²) in [4.78, 5) is 28.4. The Balaban J connectivity index is 1.86. The quantitative estimate of drug-likeness (QED) is 0.513. The molecule has 32 heavy (non-hydrogen) atoms. The maximum absolute atomic E-state index is 13.6. The number of nitrogens with zero attached hydrogens (tertiary/aromatic N) is 1. The van der Waals surface area contributed by atoms with Crippen molar-refractivity contribution in [3.63, 3.8) is 0 Å². The molecule has 0 radical (unpaired) electrons. The predicted octanol–water partition coefficient (Wildman–Crippen LogP) is 5.67. The zero-order valence-electron chi connectivity index (χ0n) is 18.3. The minimum atomic E-state index is -0.426. The third kappa shape index (κ3) is 3.99. The molecular formula is C26H23ClN2O3. The molecule has 0 aromatic heterocycles. The van der Waals surface area contributed by atoms with E-state index in [2.05, 4.69) is 5.32 Å². The third-order valence-corrected chi connectivity index (χ3v) is 5.60. The number of hydrogen-bond acceptors (Lipinski definition) is 4. The number of hydrogen-bond donors (Lipinski definition) is 1. The van der Waals surface area contributed by atoms with Crippen LogP contribution in [0.25, 0.3) is 5.57 Å². The number of amides is 2. The molecule has 0 spiro atoms.